The smallest absolute Gasteiger partial charge is 0.129 e. The Morgan fingerprint density at radius 2 is 2.22 bits per heavy atom. The lowest BCUT2D eigenvalue weighted by Crippen LogP contribution is -2.40. The lowest BCUT2D eigenvalue weighted by molar-refractivity contribution is 0.132. The number of likely N-dealkylation sites (tertiary alicyclic amines) is 1. The summed E-state index contributed by atoms with van der Waals surface area (Å²) in [7, 11) is 0. The van der Waals surface area contributed by atoms with Crippen LogP contribution >= 0.6 is 11.6 Å². The SMILES string of the molecule is NCCC1CCCCN1Cc1ccc(Cl)cc1F. The first-order chi connectivity index (χ1) is 8.70. The van der Waals surface area contributed by atoms with Crippen molar-refractivity contribution in [2.24, 2.45) is 5.73 Å². The fraction of sp³-hybridized carbons (Fsp3) is 0.571. The van der Waals surface area contributed by atoms with Gasteiger partial charge in [0.25, 0.3) is 0 Å². The third-order valence-corrected chi connectivity index (χ3v) is 3.87. The molecule has 1 aromatic carbocycles. The van der Waals surface area contributed by atoms with E-state index in [9.17, 15) is 4.39 Å². The maximum atomic E-state index is 13.8. The molecule has 4 heteroatoms. The van der Waals surface area contributed by atoms with Crippen LogP contribution in [0.2, 0.25) is 5.02 Å². The summed E-state index contributed by atoms with van der Waals surface area (Å²) in [6.07, 6.45) is 4.61. The number of benzene rings is 1. The van der Waals surface area contributed by atoms with Crippen LogP contribution in [0.1, 0.15) is 31.2 Å². The fourth-order valence-electron chi connectivity index (χ4n) is 2.66. The van der Waals surface area contributed by atoms with Gasteiger partial charge in [0.15, 0.2) is 0 Å². The van der Waals surface area contributed by atoms with Crippen molar-refractivity contribution in [2.45, 2.75) is 38.3 Å². The quantitative estimate of drug-likeness (QED) is 0.911. The molecule has 0 aromatic heterocycles. The summed E-state index contributed by atoms with van der Waals surface area (Å²) in [5.74, 6) is -0.209. The standard InChI is InChI=1S/C14H20ClFN2/c15-12-5-4-11(14(16)9-12)10-18-8-2-1-3-13(18)6-7-17/h4-5,9,13H,1-3,6-8,10,17H2. The summed E-state index contributed by atoms with van der Waals surface area (Å²) in [5.41, 5.74) is 6.37. The van der Waals surface area contributed by atoms with Crippen LogP contribution in [0.5, 0.6) is 0 Å². The molecule has 0 amide bonds. The van der Waals surface area contributed by atoms with Gasteiger partial charge in [-0.2, -0.15) is 0 Å². The van der Waals surface area contributed by atoms with E-state index in [1.165, 1.54) is 25.3 Å². The van der Waals surface area contributed by atoms with Crippen molar-refractivity contribution in [1.82, 2.24) is 4.90 Å². The molecule has 2 N–H and O–H groups in total. The van der Waals surface area contributed by atoms with Crippen molar-refractivity contribution in [3.8, 4) is 0 Å². The molecule has 100 valence electrons. The third kappa shape index (κ3) is 3.44. The number of halogens is 2. The molecule has 18 heavy (non-hydrogen) atoms. The topological polar surface area (TPSA) is 29.3 Å². The van der Waals surface area contributed by atoms with Gasteiger partial charge in [-0.3, -0.25) is 4.90 Å². The number of hydrogen-bond acceptors (Lipinski definition) is 2. The van der Waals surface area contributed by atoms with Gasteiger partial charge in [0.05, 0.1) is 0 Å². The first-order valence-electron chi connectivity index (χ1n) is 6.58. The number of nitrogens with two attached hydrogens (primary N) is 1. The molecule has 0 radical (unpaired) electrons. The molecular formula is C14H20ClFN2. The van der Waals surface area contributed by atoms with E-state index in [0.717, 1.165) is 18.5 Å². The minimum atomic E-state index is -0.209. The Balaban J connectivity index is 2.06. The second-order valence-corrected chi connectivity index (χ2v) is 5.37. The Labute approximate surface area is 113 Å². The van der Waals surface area contributed by atoms with E-state index in [2.05, 4.69) is 4.90 Å². The highest BCUT2D eigenvalue weighted by Crippen LogP contribution is 2.23. The largest absolute Gasteiger partial charge is 0.330 e. The average molecular weight is 271 g/mol. The zero-order chi connectivity index (χ0) is 13.0. The summed E-state index contributed by atoms with van der Waals surface area (Å²) in [6.45, 7) is 2.39. The number of hydrogen-bond donors (Lipinski definition) is 1. The first kappa shape index (κ1) is 13.8. The summed E-state index contributed by atoms with van der Waals surface area (Å²) in [4.78, 5) is 2.35. The maximum absolute atomic E-state index is 13.8. The molecule has 1 unspecified atom stereocenters. The van der Waals surface area contributed by atoms with Crippen LogP contribution in [0.25, 0.3) is 0 Å². The predicted octanol–water partition coefficient (Wildman–Crippen LogP) is 3.18. The van der Waals surface area contributed by atoms with Crippen molar-refractivity contribution < 1.29 is 4.39 Å². The van der Waals surface area contributed by atoms with Crippen molar-refractivity contribution in [3.05, 3.63) is 34.6 Å². The van der Waals surface area contributed by atoms with Crippen molar-refractivity contribution >= 4 is 11.6 Å². The van der Waals surface area contributed by atoms with Crippen molar-refractivity contribution in [2.75, 3.05) is 13.1 Å². The molecule has 1 aliphatic rings. The summed E-state index contributed by atoms with van der Waals surface area (Å²) in [5, 5.41) is 0.452. The Bertz CT molecular complexity index is 395. The molecule has 0 saturated carbocycles. The molecule has 2 nitrogen and oxygen atoms in total. The Morgan fingerprint density at radius 1 is 1.39 bits per heavy atom. The first-order valence-corrected chi connectivity index (χ1v) is 6.96. The molecule has 1 heterocycles. The van der Waals surface area contributed by atoms with Crippen molar-refractivity contribution in [3.63, 3.8) is 0 Å². The molecule has 0 spiro atoms. The Kier molecular flexibility index (Phi) is 4.98. The van der Waals surface area contributed by atoms with Crippen LogP contribution in [-0.2, 0) is 6.54 Å². The van der Waals surface area contributed by atoms with Crippen LogP contribution in [0.3, 0.4) is 0 Å². The second kappa shape index (κ2) is 6.50. The summed E-state index contributed by atoms with van der Waals surface area (Å²) in [6, 6.07) is 5.42. The van der Waals surface area contributed by atoms with E-state index < -0.39 is 0 Å². The zero-order valence-electron chi connectivity index (χ0n) is 10.5. The van der Waals surface area contributed by atoms with Gasteiger partial charge in [-0.05, 0) is 44.5 Å². The zero-order valence-corrected chi connectivity index (χ0v) is 11.3. The molecular weight excluding hydrogens is 251 g/mol. The molecule has 1 saturated heterocycles. The third-order valence-electron chi connectivity index (χ3n) is 3.64. The molecule has 0 aliphatic carbocycles. The maximum Gasteiger partial charge on any atom is 0.129 e. The normalized spacial score (nSPS) is 21.2. The molecule has 1 aromatic rings. The van der Waals surface area contributed by atoms with Crippen LogP contribution in [-0.4, -0.2) is 24.0 Å². The predicted molar refractivity (Wildman–Crippen MR) is 73.1 cm³/mol. The van der Waals surface area contributed by atoms with E-state index in [1.54, 1.807) is 12.1 Å². The van der Waals surface area contributed by atoms with E-state index in [0.29, 0.717) is 24.2 Å². The molecule has 2 rings (SSSR count). The van der Waals surface area contributed by atoms with Crippen molar-refractivity contribution in [1.29, 1.82) is 0 Å². The van der Waals surface area contributed by atoms with E-state index in [-0.39, 0.29) is 5.82 Å². The monoisotopic (exact) mass is 270 g/mol. The van der Waals surface area contributed by atoms with Gasteiger partial charge in [0.2, 0.25) is 0 Å². The highest BCUT2D eigenvalue weighted by Gasteiger charge is 2.22. The molecule has 0 bridgehead atoms. The van der Waals surface area contributed by atoms with E-state index >= 15 is 0 Å². The number of nitrogens with zero attached hydrogens (tertiary/aromatic N) is 1. The van der Waals surface area contributed by atoms with Gasteiger partial charge >= 0.3 is 0 Å². The van der Waals surface area contributed by atoms with E-state index in [1.807, 2.05) is 0 Å². The van der Waals surface area contributed by atoms with Crippen LogP contribution in [0.4, 0.5) is 4.39 Å². The van der Waals surface area contributed by atoms with Crippen LogP contribution in [0, 0.1) is 5.82 Å². The summed E-state index contributed by atoms with van der Waals surface area (Å²) < 4.78 is 13.8. The summed E-state index contributed by atoms with van der Waals surface area (Å²) >= 11 is 5.77. The second-order valence-electron chi connectivity index (χ2n) is 4.93. The highest BCUT2D eigenvalue weighted by molar-refractivity contribution is 6.30. The van der Waals surface area contributed by atoms with E-state index in [4.69, 9.17) is 17.3 Å². The van der Waals surface area contributed by atoms with Crippen LogP contribution in [0.15, 0.2) is 18.2 Å². The minimum absolute atomic E-state index is 0.209. The number of piperidine rings is 1. The fourth-order valence-corrected chi connectivity index (χ4v) is 2.81. The molecule has 1 atom stereocenters. The van der Waals surface area contributed by atoms with Gasteiger partial charge in [-0.1, -0.05) is 24.1 Å². The molecule has 1 aliphatic heterocycles. The Morgan fingerprint density at radius 3 is 2.94 bits per heavy atom. The lowest BCUT2D eigenvalue weighted by atomic mass is 9.98. The lowest BCUT2D eigenvalue weighted by Gasteiger charge is -2.35. The Hall–Kier alpha value is -0.640. The average Bonchev–Trinajstić information content (AvgIpc) is 2.35. The van der Waals surface area contributed by atoms with Crippen LogP contribution < -0.4 is 5.73 Å². The highest BCUT2D eigenvalue weighted by atomic mass is 35.5. The minimum Gasteiger partial charge on any atom is -0.330 e. The van der Waals surface area contributed by atoms with Gasteiger partial charge < -0.3 is 5.73 Å². The van der Waals surface area contributed by atoms with Gasteiger partial charge in [-0.15, -0.1) is 0 Å². The van der Waals surface area contributed by atoms with Gasteiger partial charge in [-0.25, -0.2) is 4.39 Å². The number of rotatable bonds is 4. The molecule has 1 fully saturated rings. The van der Waals surface area contributed by atoms with Gasteiger partial charge in [0.1, 0.15) is 5.82 Å². The van der Waals surface area contributed by atoms with Gasteiger partial charge in [0, 0.05) is 23.2 Å².